The summed E-state index contributed by atoms with van der Waals surface area (Å²) in [5.74, 6) is 1.29. The predicted molar refractivity (Wildman–Crippen MR) is 79.2 cm³/mol. The van der Waals surface area contributed by atoms with Gasteiger partial charge in [-0.3, -0.25) is 4.79 Å². The van der Waals surface area contributed by atoms with Gasteiger partial charge in [-0.25, -0.2) is 9.97 Å². The first-order valence-electron chi connectivity index (χ1n) is 6.99. The molecule has 0 aliphatic carbocycles. The topological polar surface area (TPSA) is 92.9 Å². The van der Waals surface area contributed by atoms with Crippen molar-refractivity contribution < 1.29 is 9.32 Å². The molecule has 0 bridgehead atoms. The van der Waals surface area contributed by atoms with Crippen molar-refractivity contribution in [3.05, 3.63) is 29.9 Å². The van der Waals surface area contributed by atoms with Gasteiger partial charge in [-0.15, -0.1) is 0 Å². The Bertz CT molecular complexity index is 579. The average molecular weight is 289 g/mol. The summed E-state index contributed by atoms with van der Waals surface area (Å²) in [5, 5.41) is 9.45. The van der Waals surface area contributed by atoms with Gasteiger partial charge in [0.05, 0.1) is 12.4 Å². The van der Waals surface area contributed by atoms with Crippen molar-refractivity contribution in [1.29, 1.82) is 0 Å². The van der Waals surface area contributed by atoms with Crippen molar-refractivity contribution in [1.82, 2.24) is 15.1 Å². The summed E-state index contributed by atoms with van der Waals surface area (Å²) in [6.45, 7) is 4.76. The van der Waals surface area contributed by atoms with E-state index in [1.807, 2.05) is 0 Å². The van der Waals surface area contributed by atoms with Crippen LogP contribution in [0.3, 0.4) is 0 Å². The third-order valence-electron chi connectivity index (χ3n) is 2.84. The van der Waals surface area contributed by atoms with E-state index in [0.29, 0.717) is 17.4 Å². The van der Waals surface area contributed by atoms with Gasteiger partial charge in [0.2, 0.25) is 0 Å². The maximum absolute atomic E-state index is 11.9. The van der Waals surface area contributed by atoms with Crippen LogP contribution in [0, 0.1) is 6.92 Å². The second-order valence-electron chi connectivity index (χ2n) is 4.70. The van der Waals surface area contributed by atoms with Gasteiger partial charge in [-0.2, -0.15) is 0 Å². The van der Waals surface area contributed by atoms with Crippen LogP contribution in [0.15, 0.2) is 23.0 Å². The number of unbranched alkanes of at least 4 members (excludes halogenated alkanes) is 2. The van der Waals surface area contributed by atoms with Crippen LogP contribution in [0.2, 0.25) is 0 Å². The van der Waals surface area contributed by atoms with Gasteiger partial charge in [0.25, 0.3) is 5.91 Å². The minimum atomic E-state index is -0.367. The molecule has 21 heavy (non-hydrogen) atoms. The first kappa shape index (κ1) is 15.0. The van der Waals surface area contributed by atoms with Gasteiger partial charge in [-0.05, 0) is 13.3 Å². The van der Waals surface area contributed by atoms with E-state index >= 15 is 0 Å². The molecule has 0 fully saturated rings. The van der Waals surface area contributed by atoms with E-state index in [-0.39, 0.29) is 11.6 Å². The summed E-state index contributed by atoms with van der Waals surface area (Å²) in [7, 11) is 0. The Hall–Kier alpha value is -2.44. The summed E-state index contributed by atoms with van der Waals surface area (Å²) in [6.07, 6.45) is 6.43. The molecule has 0 saturated carbocycles. The molecule has 1 amide bonds. The fourth-order valence-corrected chi connectivity index (χ4v) is 1.73. The Morgan fingerprint density at radius 2 is 2.10 bits per heavy atom. The molecule has 2 aromatic heterocycles. The van der Waals surface area contributed by atoms with Crippen molar-refractivity contribution in [3.63, 3.8) is 0 Å². The van der Waals surface area contributed by atoms with E-state index in [9.17, 15) is 4.79 Å². The van der Waals surface area contributed by atoms with Gasteiger partial charge in [0.1, 0.15) is 17.3 Å². The highest BCUT2D eigenvalue weighted by atomic mass is 16.5. The molecule has 112 valence electrons. The van der Waals surface area contributed by atoms with Gasteiger partial charge in [-0.1, -0.05) is 24.9 Å². The van der Waals surface area contributed by atoms with E-state index < -0.39 is 0 Å². The first-order valence-corrected chi connectivity index (χ1v) is 6.99. The molecule has 0 saturated heterocycles. The zero-order chi connectivity index (χ0) is 15.1. The minimum absolute atomic E-state index is 0.231. The Morgan fingerprint density at radius 1 is 1.24 bits per heavy atom. The van der Waals surface area contributed by atoms with E-state index in [1.165, 1.54) is 19.0 Å². The largest absolute Gasteiger partial charge is 0.369 e. The highest BCUT2D eigenvalue weighted by Crippen LogP contribution is 2.09. The summed E-state index contributed by atoms with van der Waals surface area (Å²) in [6, 6.07) is 1.63. The SMILES string of the molecule is CCCCCNc1cnc(C(=O)Nc2cc(C)on2)cn1. The van der Waals surface area contributed by atoms with Crippen LogP contribution in [0.25, 0.3) is 0 Å². The maximum Gasteiger partial charge on any atom is 0.277 e. The Balaban J connectivity index is 1.87. The number of aromatic nitrogens is 3. The van der Waals surface area contributed by atoms with Crippen molar-refractivity contribution in [2.75, 3.05) is 17.2 Å². The number of hydrogen-bond acceptors (Lipinski definition) is 6. The molecule has 0 aliphatic heterocycles. The Morgan fingerprint density at radius 3 is 2.71 bits per heavy atom. The molecular formula is C14H19N5O2. The van der Waals surface area contributed by atoms with Gasteiger partial charge >= 0.3 is 0 Å². The lowest BCUT2D eigenvalue weighted by Gasteiger charge is -2.05. The van der Waals surface area contributed by atoms with Crippen LogP contribution in [-0.2, 0) is 0 Å². The quantitative estimate of drug-likeness (QED) is 0.761. The Kier molecular flexibility index (Phi) is 5.25. The van der Waals surface area contributed by atoms with Gasteiger partial charge < -0.3 is 15.2 Å². The Labute approximate surface area is 123 Å². The fraction of sp³-hybridized carbons (Fsp3) is 0.429. The van der Waals surface area contributed by atoms with Crippen molar-refractivity contribution in [3.8, 4) is 0 Å². The molecular weight excluding hydrogens is 270 g/mol. The summed E-state index contributed by atoms with van der Waals surface area (Å²) in [5.41, 5.74) is 0.231. The van der Waals surface area contributed by atoms with Crippen LogP contribution >= 0.6 is 0 Å². The molecule has 7 heteroatoms. The number of carbonyl (C=O) groups is 1. The highest BCUT2D eigenvalue weighted by Gasteiger charge is 2.10. The lowest BCUT2D eigenvalue weighted by Crippen LogP contribution is -2.14. The lowest BCUT2D eigenvalue weighted by atomic mass is 10.2. The standard InChI is InChI=1S/C14H19N5O2/c1-3-4-5-6-15-13-9-16-11(8-17-13)14(20)18-12-7-10(2)21-19-12/h7-9H,3-6H2,1-2H3,(H,15,17)(H,18,19,20). The number of anilines is 2. The second kappa shape index (κ2) is 7.37. The van der Waals surface area contributed by atoms with E-state index in [0.717, 1.165) is 13.0 Å². The first-order chi connectivity index (χ1) is 10.2. The van der Waals surface area contributed by atoms with E-state index in [1.54, 1.807) is 19.2 Å². The highest BCUT2D eigenvalue weighted by molar-refractivity contribution is 6.02. The van der Waals surface area contributed by atoms with Crippen molar-refractivity contribution in [2.45, 2.75) is 33.1 Å². The normalized spacial score (nSPS) is 10.4. The monoisotopic (exact) mass is 289 g/mol. The average Bonchev–Trinajstić information content (AvgIpc) is 2.89. The third kappa shape index (κ3) is 4.55. The van der Waals surface area contributed by atoms with Crippen LogP contribution < -0.4 is 10.6 Å². The van der Waals surface area contributed by atoms with Crippen LogP contribution in [0.4, 0.5) is 11.6 Å². The molecule has 0 unspecified atom stereocenters. The van der Waals surface area contributed by atoms with Crippen molar-refractivity contribution >= 4 is 17.5 Å². The second-order valence-corrected chi connectivity index (χ2v) is 4.70. The number of nitrogens with zero attached hydrogens (tertiary/aromatic N) is 3. The predicted octanol–water partition coefficient (Wildman–Crippen LogP) is 2.63. The molecule has 0 radical (unpaired) electrons. The molecule has 0 spiro atoms. The number of nitrogens with one attached hydrogen (secondary N) is 2. The molecule has 0 aliphatic rings. The zero-order valence-electron chi connectivity index (χ0n) is 12.2. The van der Waals surface area contributed by atoms with Crippen LogP contribution in [0.1, 0.15) is 42.4 Å². The molecule has 0 atom stereocenters. The number of aryl methyl sites for hydroxylation is 1. The third-order valence-corrected chi connectivity index (χ3v) is 2.84. The van der Waals surface area contributed by atoms with E-state index in [4.69, 9.17) is 4.52 Å². The van der Waals surface area contributed by atoms with Crippen LogP contribution in [-0.4, -0.2) is 27.6 Å². The maximum atomic E-state index is 11.9. The van der Waals surface area contributed by atoms with Gasteiger partial charge in [0, 0.05) is 12.6 Å². The van der Waals surface area contributed by atoms with Crippen LogP contribution in [0.5, 0.6) is 0 Å². The molecule has 2 aromatic rings. The number of rotatable bonds is 7. The zero-order valence-corrected chi connectivity index (χ0v) is 12.2. The summed E-state index contributed by atoms with van der Waals surface area (Å²) < 4.78 is 4.87. The molecule has 2 N–H and O–H groups in total. The molecule has 2 heterocycles. The number of amides is 1. The minimum Gasteiger partial charge on any atom is -0.369 e. The smallest absolute Gasteiger partial charge is 0.277 e. The number of carbonyl (C=O) groups excluding carboxylic acids is 1. The fourth-order valence-electron chi connectivity index (χ4n) is 1.73. The molecule has 2 rings (SSSR count). The van der Waals surface area contributed by atoms with Gasteiger partial charge in [0.15, 0.2) is 5.82 Å². The van der Waals surface area contributed by atoms with Crippen molar-refractivity contribution in [2.24, 2.45) is 0 Å². The molecule has 0 aromatic carbocycles. The summed E-state index contributed by atoms with van der Waals surface area (Å²) >= 11 is 0. The lowest BCUT2D eigenvalue weighted by molar-refractivity contribution is 0.102. The van der Waals surface area contributed by atoms with E-state index in [2.05, 4.69) is 32.7 Å². The molecule has 7 nitrogen and oxygen atoms in total. The summed E-state index contributed by atoms with van der Waals surface area (Å²) in [4.78, 5) is 20.2. The number of hydrogen-bond donors (Lipinski definition) is 2.